The van der Waals surface area contributed by atoms with Crippen molar-refractivity contribution in [3.8, 4) is 0 Å². The molecule has 0 amide bonds. The molecule has 0 atom stereocenters. The van der Waals surface area contributed by atoms with Gasteiger partial charge in [0.25, 0.3) is 0 Å². The molecular formula is C17H18N2O. The molecule has 0 fully saturated rings. The highest BCUT2D eigenvalue weighted by atomic mass is 16.5. The van der Waals surface area contributed by atoms with Crippen molar-refractivity contribution in [3.63, 3.8) is 0 Å². The van der Waals surface area contributed by atoms with Crippen LogP contribution in [0.1, 0.15) is 13.3 Å². The number of ether oxygens (including phenoxy) is 1. The second-order valence-electron chi connectivity index (χ2n) is 4.30. The van der Waals surface area contributed by atoms with Crippen LogP contribution >= 0.6 is 0 Å². The maximum absolute atomic E-state index is 5.72. The molecule has 0 aliphatic heterocycles. The van der Waals surface area contributed by atoms with Gasteiger partial charge in [0.1, 0.15) is 17.8 Å². The van der Waals surface area contributed by atoms with Crippen LogP contribution in [0.3, 0.4) is 0 Å². The van der Waals surface area contributed by atoms with Gasteiger partial charge in [0, 0.05) is 6.42 Å². The van der Waals surface area contributed by atoms with Gasteiger partial charge in [-0.15, -0.1) is 0 Å². The first kappa shape index (κ1) is 13.9. The average Bonchev–Trinajstić information content (AvgIpc) is 2.89. The number of imidazole rings is 1. The van der Waals surface area contributed by atoms with Crippen molar-refractivity contribution in [1.29, 1.82) is 0 Å². The predicted molar refractivity (Wildman–Crippen MR) is 83.9 cm³/mol. The largest absolute Gasteiger partial charge is 0.460 e. The van der Waals surface area contributed by atoms with Gasteiger partial charge >= 0.3 is 0 Å². The van der Waals surface area contributed by atoms with Gasteiger partial charge in [0.05, 0.1) is 16.7 Å². The van der Waals surface area contributed by atoms with E-state index in [9.17, 15) is 0 Å². The van der Waals surface area contributed by atoms with E-state index < -0.39 is 0 Å². The Bertz CT molecular complexity index is 692. The second-order valence-corrected chi connectivity index (χ2v) is 4.30. The van der Waals surface area contributed by atoms with Crippen LogP contribution in [0.5, 0.6) is 0 Å². The molecule has 0 aliphatic carbocycles. The Kier molecular flexibility index (Phi) is 4.20. The number of hydrogen-bond acceptors (Lipinski definition) is 2. The minimum absolute atomic E-state index is 0.503. The van der Waals surface area contributed by atoms with Crippen molar-refractivity contribution in [2.24, 2.45) is 0 Å². The van der Waals surface area contributed by atoms with Crippen LogP contribution in [-0.2, 0) is 4.74 Å². The number of aromatic nitrogens is 2. The van der Waals surface area contributed by atoms with Gasteiger partial charge in [-0.1, -0.05) is 44.9 Å². The lowest BCUT2D eigenvalue weighted by Crippen LogP contribution is -2.00. The molecule has 2 aromatic rings. The van der Waals surface area contributed by atoms with Gasteiger partial charge < -0.3 is 4.74 Å². The van der Waals surface area contributed by atoms with E-state index in [4.69, 9.17) is 4.74 Å². The van der Waals surface area contributed by atoms with Gasteiger partial charge in [-0.25, -0.2) is 4.98 Å². The molecule has 0 saturated heterocycles. The Morgan fingerprint density at radius 3 is 2.80 bits per heavy atom. The van der Waals surface area contributed by atoms with Crippen molar-refractivity contribution in [3.05, 3.63) is 74.0 Å². The molecule has 0 radical (unpaired) electrons. The Morgan fingerprint density at radius 2 is 2.10 bits per heavy atom. The fourth-order valence-corrected chi connectivity index (χ4v) is 1.88. The van der Waals surface area contributed by atoms with E-state index in [1.54, 1.807) is 12.4 Å². The highest BCUT2D eigenvalue weighted by Crippen LogP contribution is 2.23. The summed E-state index contributed by atoms with van der Waals surface area (Å²) in [4.78, 5) is 4.33. The molecule has 3 nitrogen and oxygen atoms in total. The van der Waals surface area contributed by atoms with E-state index in [-0.39, 0.29) is 0 Å². The summed E-state index contributed by atoms with van der Waals surface area (Å²) in [5, 5.41) is 0. The lowest BCUT2D eigenvalue weighted by atomic mass is 10.3. The Morgan fingerprint density at radius 1 is 1.35 bits per heavy atom. The maximum Gasteiger partial charge on any atom is 0.143 e. The van der Waals surface area contributed by atoms with Crippen LogP contribution in [0.15, 0.2) is 74.0 Å². The molecule has 102 valence electrons. The van der Waals surface area contributed by atoms with Crippen LogP contribution in [-0.4, -0.2) is 9.55 Å². The topological polar surface area (TPSA) is 27.1 Å². The molecule has 3 heteroatoms. The Labute approximate surface area is 119 Å². The second kappa shape index (κ2) is 6.06. The minimum atomic E-state index is 0.503. The monoisotopic (exact) mass is 266 g/mol. The highest BCUT2D eigenvalue weighted by Gasteiger charge is 2.09. The first-order valence-corrected chi connectivity index (χ1v) is 6.47. The molecule has 1 heterocycles. The summed E-state index contributed by atoms with van der Waals surface area (Å²) in [5.74, 6) is 1.30. The minimum Gasteiger partial charge on any atom is -0.460 e. The van der Waals surface area contributed by atoms with Crippen molar-refractivity contribution in [1.82, 2.24) is 9.55 Å². The molecule has 0 spiro atoms. The summed E-state index contributed by atoms with van der Waals surface area (Å²) in [6.45, 7) is 13.7. The maximum atomic E-state index is 5.72. The number of rotatable bonds is 6. The Hall–Kier alpha value is -2.55. The third-order valence-corrected chi connectivity index (χ3v) is 2.97. The van der Waals surface area contributed by atoms with Crippen molar-refractivity contribution >= 4 is 16.7 Å². The third-order valence-electron chi connectivity index (χ3n) is 2.97. The molecule has 0 bridgehead atoms. The van der Waals surface area contributed by atoms with E-state index in [1.165, 1.54) is 0 Å². The van der Waals surface area contributed by atoms with E-state index in [1.807, 2.05) is 41.8 Å². The van der Waals surface area contributed by atoms with Crippen molar-refractivity contribution < 1.29 is 4.74 Å². The summed E-state index contributed by atoms with van der Waals surface area (Å²) in [6.07, 6.45) is 6.01. The number of nitrogens with zero attached hydrogens (tertiary/aromatic N) is 2. The van der Waals surface area contributed by atoms with E-state index >= 15 is 0 Å². The summed E-state index contributed by atoms with van der Waals surface area (Å²) >= 11 is 0. The van der Waals surface area contributed by atoms with E-state index in [0.29, 0.717) is 11.5 Å². The van der Waals surface area contributed by atoms with Gasteiger partial charge in [-0.05, 0) is 18.2 Å². The average molecular weight is 266 g/mol. The first-order chi connectivity index (χ1) is 9.67. The lowest BCUT2D eigenvalue weighted by molar-refractivity contribution is 0.311. The van der Waals surface area contributed by atoms with Crippen LogP contribution in [0.2, 0.25) is 0 Å². The summed E-state index contributed by atoms with van der Waals surface area (Å²) in [6, 6.07) is 7.86. The zero-order chi connectivity index (χ0) is 14.5. The number of para-hydroxylation sites is 2. The smallest absolute Gasteiger partial charge is 0.143 e. The third kappa shape index (κ3) is 2.72. The van der Waals surface area contributed by atoms with Crippen LogP contribution in [0.25, 0.3) is 16.7 Å². The quantitative estimate of drug-likeness (QED) is 0.568. The van der Waals surface area contributed by atoms with Gasteiger partial charge in [0.15, 0.2) is 0 Å². The molecule has 1 aromatic carbocycles. The summed E-state index contributed by atoms with van der Waals surface area (Å²) in [7, 11) is 0. The number of benzene rings is 1. The van der Waals surface area contributed by atoms with Crippen LogP contribution in [0.4, 0.5) is 0 Å². The van der Waals surface area contributed by atoms with Crippen molar-refractivity contribution in [2.75, 3.05) is 0 Å². The Balaban J connectivity index is 2.25. The first-order valence-electron chi connectivity index (χ1n) is 6.47. The zero-order valence-electron chi connectivity index (χ0n) is 11.7. The molecule has 0 saturated carbocycles. The predicted octanol–water partition coefficient (Wildman–Crippen LogP) is 4.52. The van der Waals surface area contributed by atoms with Crippen LogP contribution < -0.4 is 0 Å². The van der Waals surface area contributed by atoms with Gasteiger partial charge in [-0.3, -0.25) is 4.57 Å². The highest BCUT2D eigenvalue weighted by molar-refractivity contribution is 5.80. The SMILES string of the molecule is C=C/C=C(\CC)OC(=C)C(=C)n1cnc2ccccc21. The summed E-state index contributed by atoms with van der Waals surface area (Å²) < 4.78 is 7.60. The number of allylic oxidation sites excluding steroid dienone is 4. The number of hydrogen-bond donors (Lipinski definition) is 0. The zero-order valence-corrected chi connectivity index (χ0v) is 11.7. The lowest BCUT2D eigenvalue weighted by Gasteiger charge is -2.14. The molecule has 0 aliphatic rings. The molecule has 20 heavy (non-hydrogen) atoms. The normalized spacial score (nSPS) is 11.3. The standard InChI is InChI=1S/C17H18N2O/c1-5-9-15(6-2)20-14(4)13(3)19-12-18-16-10-7-8-11-17(16)19/h5,7-12H,1,3-4,6H2,2H3/b15-9+. The molecular weight excluding hydrogens is 248 g/mol. The molecule has 0 unspecified atom stereocenters. The summed E-state index contributed by atoms with van der Waals surface area (Å²) in [5.41, 5.74) is 2.56. The van der Waals surface area contributed by atoms with E-state index in [2.05, 4.69) is 24.7 Å². The molecule has 0 N–H and O–H groups in total. The fraction of sp³-hybridized carbons (Fsp3) is 0.118. The number of fused-ring (bicyclic) bond motifs is 1. The van der Waals surface area contributed by atoms with Gasteiger partial charge in [-0.2, -0.15) is 0 Å². The molecule has 1 aromatic heterocycles. The van der Waals surface area contributed by atoms with E-state index in [0.717, 1.165) is 23.2 Å². The molecule has 2 rings (SSSR count). The van der Waals surface area contributed by atoms with Gasteiger partial charge in [0.2, 0.25) is 0 Å². The fourth-order valence-electron chi connectivity index (χ4n) is 1.88. The van der Waals surface area contributed by atoms with Crippen molar-refractivity contribution in [2.45, 2.75) is 13.3 Å². The van der Waals surface area contributed by atoms with Crippen LogP contribution in [0, 0.1) is 0 Å².